The summed E-state index contributed by atoms with van der Waals surface area (Å²) in [5.74, 6) is 0.786. The minimum atomic E-state index is 0.0471. The van der Waals surface area contributed by atoms with Crippen LogP contribution in [0.15, 0.2) is 22.8 Å². The smallest absolute Gasteiger partial charge is 0.159 e. The van der Waals surface area contributed by atoms with Crippen molar-refractivity contribution in [2.24, 2.45) is 11.3 Å². The molecule has 2 nitrogen and oxygen atoms in total. The predicted octanol–water partition coefficient (Wildman–Crippen LogP) is 4.99. The second-order valence-corrected chi connectivity index (χ2v) is 8.47. The molecule has 0 N–H and O–H groups in total. The van der Waals surface area contributed by atoms with E-state index in [-0.39, 0.29) is 11.0 Å². The summed E-state index contributed by atoms with van der Waals surface area (Å²) < 4.78 is 6.06. The van der Waals surface area contributed by atoms with Crippen LogP contribution >= 0.6 is 0 Å². The standard InChI is InChI=1S/C20H30O2/c1-13(2)18-15-9-8-14(3)7-6-10-20(5)17(22-20)12-19(15,4)11-16(18)21/h7,15,17H,6,8-12H2,1-5H3/b14-7+/t15-,17-,19-,20+/m0/s1. The van der Waals surface area contributed by atoms with Crippen molar-refractivity contribution in [3.63, 3.8) is 0 Å². The molecule has 0 unspecified atom stereocenters. The molecule has 1 saturated carbocycles. The molecule has 22 heavy (non-hydrogen) atoms. The molecule has 0 aromatic heterocycles. The van der Waals surface area contributed by atoms with Crippen LogP contribution in [0.3, 0.4) is 0 Å². The molecule has 0 aromatic carbocycles. The third-order valence-electron chi connectivity index (χ3n) is 6.24. The van der Waals surface area contributed by atoms with Gasteiger partial charge < -0.3 is 4.74 Å². The van der Waals surface area contributed by atoms with Crippen LogP contribution in [-0.2, 0) is 9.53 Å². The highest BCUT2D eigenvalue weighted by molar-refractivity contribution is 5.99. The Morgan fingerprint density at radius 2 is 2.05 bits per heavy atom. The Kier molecular flexibility index (Phi) is 3.87. The van der Waals surface area contributed by atoms with E-state index in [1.54, 1.807) is 0 Å². The molecule has 0 aromatic rings. The van der Waals surface area contributed by atoms with Gasteiger partial charge in [-0.3, -0.25) is 4.79 Å². The van der Waals surface area contributed by atoms with E-state index in [9.17, 15) is 4.79 Å². The fourth-order valence-corrected chi connectivity index (χ4v) is 4.73. The summed E-state index contributed by atoms with van der Waals surface area (Å²) in [7, 11) is 0. The molecule has 122 valence electrons. The molecule has 0 bridgehead atoms. The highest BCUT2D eigenvalue weighted by Gasteiger charge is 2.57. The van der Waals surface area contributed by atoms with Crippen molar-refractivity contribution in [2.45, 2.75) is 84.8 Å². The number of carbonyl (C=O) groups is 1. The number of rotatable bonds is 0. The SMILES string of the molecule is CC(C)=C1C(=O)C[C@@]2(C)C[C@@H]3O[C@]3(C)CC/C=C(\C)CC[C@@H]12. The number of fused-ring (bicyclic) bond motifs is 2. The van der Waals surface area contributed by atoms with Crippen molar-refractivity contribution >= 4 is 5.78 Å². The van der Waals surface area contributed by atoms with Crippen molar-refractivity contribution in [1.29, 1.82) is 0 Å². The summed E-state index contributed by atoms with van der Waals surface area (Å²) in [6, 6.07) is 0. The fraction of sp³-hybridized carbons (Fsp3) is 0.750. The normalized spacial score (nSPS) is 44.5. The second kappa shape index (κ2) is 5.33. The van der Waals surface area contributed by atoms with Gasteiger partial charge in [-0.1, -0.05) is 24.1 Å². The van der Waals surface area contributed by atoms with E-state index in [4.69, 9.17) is 4.74 Å². The third-order valence-corrected chi connectivity index (χ3v) is 6.24. The zero-order valence-electron chi connectivity index (χ0n) is 14.8. The van der Waals surface area contributed by atoms with E-state index in [0.29, 0.717) is 24.2 Å². The van der Waals surface area contributed by atoms with Gasteiger partial charge in [0.1, 0.15) is 0 Å². The van der Waals surface area contributed by atoms with Crippen LogP contribution in [0.4, 0.5) is 0 Å². The van der Waals surface area contributed by atoms with Gasteiger partial charge in [0.15, 0.2) is 5.78 Å². The van der Waals surface area contributed by atoms with Crippen molar-refractivity contribution in [1.82, 2.24) is 0 Å². The maximum absolute atomic E-state index is 12.6. The van der Waals surface area contributed by atoms with Crippen LogP contribution in [-0.4, -0.2) is 17.5 Å². The summed E-state index contributed by atoms with van der Waals surface area (Å²) in [6.07, 6.45) is 8.92. The molecule has 1 saturated heterocycles. The van der Waals surface area contributed by atoms with Crippen molar-refractivity contribution < 1.29 is 9.53 Å². The molecule has 1 aliphatic heterocycles. The van der Waals surface area contributed by atoms with Gasteiger partial charge in [-0.2, -0.15) is 0 Å². The number of hydrogen-bond donors (Lipinski definition) is 0. The summed E-state index contributed by atoms with van der Waals surface area (Å²) >= 11 is 0. The lowest BCUT2D eigenvalue weighted by Gasteiger charge is -2.31. The highest BCUT2D eigenvalue weighted by Crippen LogP contribution is 2.56. The number of carbonyl (C=O) groups excluding carboxylic acids is 1. The molecule has 0 radical (unpaired) electrons. The van der Waals surface area contributed by atoms with Gasteiger partial charge in [-0.25, -0.2) is 0 Å². The Labute approximate surface area is 135 Å². The van der Waals surface area contributed by atoms with Crippen LogP contribution in [0.25, 0.3) is 0 Å². The number of epoxide rings is 1. The molecule has 3 rings (SSSR count). The van der Waals surface area contributed by atoms with Crippen molar-refractivity contribution in [3.8, 4) is 0 Å². The molecular formula is C20H30O2. The quantitative estimate of drug-likeness (QED) is 0.358. The molecule has 3 aliphatic rings. The van der Waals surface area contributed by atoms with Crippen LogP contribution in [0.2, 0.25) is 0 Å². The number of allylic oxidation sites excluding steroid dienone is 4. The molecule has 2 aliphatic carbocycles. The Balaban J connectivity index is 1.95. The molecular weight excluding hydrogens is 272 g/mol. The first-order valence-electron chi connectivity index (χ1n) is 8.79. The average Bonchev–Trinajstić information content (AvgIpc) is 2.92. The number of ketones is 1. The maximum atomic E-state index is 12.6. The van der Waals surface area contributed by atoms with E-state index < -0.39 is 0 Å². The molecule has 2 fully saturated rings. The zero-order chi connectivity index (χ0) is 16.1. The van der Waals surface area contributed by atoms with E-state index in [1.165, 1.54) is 11.1 Å². The Hall–Kier alpha value is -0.890. The Bertz CT molecular complexity index is 552. The van der Waals surface area contributed by atoms with Crippen LogP contribution < -0.4 is 0 Å². The largest absolute Gasteiger partial charge is 0.366 e. The summed E-state index contributed by atoms with van der Waals surface area (Å²) in [6.45, 7) is 11.0. The van der Waals surface area contributed by atoms with Gasteiger partial charge in [0.05, 0.1) is 11.7 Å². The Morgan fingerprint density at radius 3 is 2.73 bits per heavy atom. The number of Topliss-reactive ketones (excluding diaryl/α,β-unsaturated/α-hetero) is 1. The van der Waals surface area contributed by atoms with E-state index in [0.717, 1.165) is 37.7 Å². The monoisotopic (exact) mass is 302 g/mol. The van der Waals surface area contributed by atoms with Crippen molar-refractivity contribution in [3.05, 3.63) is 22.8 Å². The maximum Gasteiger partial charge on any atom is 0.159 e. The first-order valence-corrected chi connectivity index (χ1v) is 8.79. The fourth-order valence-electron chi connectivity index (χ4n) is 4.73. The number of hydrogen-bond acceptors (Lipinski definition) is 2. The molecule has 2 heteroatoms. The molecule has 4 atom stereocenters. The lowest BCUT2D eigenvalue weighted by Crippen LogP contribution is -2.26. The van der Waals surface area contributed by atoms with E-state index in [1.807, 2.05) is 0 Å². The lowest BCUT2D eigenvalue weighted by molar-refractivity contribution is -0.115. The third kappa shape index (κ3) is 2.71. The molecule has 1 heterocycles. The van der Waals surface area contributed by atoms with Gasteiger partial charge in [0, 0.05) is 6.42 Å². The topological polar surface area (TPSA) is 29.6 Å². The van der Waals surface area contributed by atoms with Gasteiger partial charge in [0.2, 0.25) is 0 Å². The van der Waals surface area contributed by atoms with Gasteiger partial charge in [-0.05, 0) is 76.7 Å². The Morgan fingerprint density at radius 1 is 1.32 bits per heavy atom. The van der Waals surface area contributed by atoms with Crippen LogP contribution in [0.5, 0.6) is 0 Å². The van der Waals surface area contributed by atoms with E-state index >= 15 is 0 Å². The van der Waals surface area contributed by atoms with Crippen LogP contribution in [0.1, 0.15) is 73.1 Å². The zero-order valence-corrected chi connectivity index (χ0v) is 14.8. The average molecular weight is 302 g/mol. The second-order valence-electron chi connectivity index (χ2n) is 8.47. The summed E-state index contributed by atoms with van der Waals surface area (Å²) in [4.78, 5) is 12.6. The van der Waals surface area contributed by atoms with Gasteiger partial charge in [-0.15, -0.1) is 0 Å². The summed E-state index contributed by atoms with van der Waals surface area (Å²) in [5, 5.41) is 0. The van der Waals surface area contributed by atoms with Gasteiger partial charge in [0.25, 0.3) is 0 Å². The minimum absolute atomic E-state index is 0.0471. The van der Waals surface area contributed by atoms with Gasteiger partial charge >= 0.3 is 0 Å². The predicted molar refractivity (Wildman–Crippen MR) is 89.7 cm³/mol. The van der Waals surface area contributed by atoms with Crippen molar-refractivity contribution in [2.75, 3.05) is 0 Å². The number of ether oxygens (including phenoxy) is 1. The molecule has 0 spiro atoms. The lowest BCUT2D eigenvalue weighted by atomic mass is 9.71. The highest BCUT2D eigenvalue weighted by atomic mass is 16.6. The first-order chi connectivity index (χ1) is 10.3. The molecule has 0 amide bonds. The summed E-state index contributed by atoms with van der Waals surface area (Å²) in [5.41, 5.74) is 3.94. The first kappa shape index (κ1) is 16.0. The van der Waals surface area contributed by atoms with E-state index in [2.05, 4.69) is 40.7 Å². The van der Waals surface area contributed by atoms with Crippen LogP contribution in [0, 0.1) is 11.3 Å². The minimum Gasteiger partial charge on any atom is -0.366 e.